The molecule has 0 radical (unpaired) electrons. The number of halogens is 1. The van der Waals surface area contributed by atoms with E-state index in [9.17, 15) is 13.4 Å². The molecule has 1 heterocycles. The van der Waals surface area contributed by atoms with Gasteiger partial charge in [0.1, 0.15) is 5.82 Å². The van der Waals surface area contributed by atoms with Gasteiger partial charge >= 0.3 is 0 Å². The van der Waals surface area contributed by atoms with Crippen molar-refractivity contribution < 1.29 is 13.4 Å². The largest absolute Gasteiger partial charge is 0.352 e. The first-order chi connectivity index (χ1) is 14.3. The topological polar surface area (TPSA) is 82.3 Å². The molecule has 1 unspecified atom stereocenters. The number of amides is 1. The summed E-state index contributed by atoms with van der Waals surface area (Å²) in [6.07, 6.45) is 1.82. The van der Waals surface area contributed by atoms with Gasteiger partial charge in [0.15, 0.2) is 5.11 Å². The van der Waals surface area contributed by atoms with Gasteiger partial charge in [-0.15, -0.1) is 0 Å². The van der Waals surface area contributed by atoms with Gasteiger partial charge in [-0.05, 0) is 60.5 Å². The lowest BCUT2D eigenvalue weighted by Crippen LogP contribution is -2.58. The zero-order valence-electron chi connectivity index (χ0n) is 16.8. The van der Waals surface area contributed by atoms with Crippen molar-refractivity contribution in [1.29, 1.82) is 0 Å². The van der Waals surface area contributed by atoms with Gasteiger partial charge < -0.3 is 5.32 Å². The van der Waals surface area contributed by atoms with Crippen molar-refractivity contribution in [2.75, 3.05) is 18.8 Å². The molecule has 6 nitrogen and oxygen atoms in total. The third-order valence-corrected chi connectivity index (χ3v) is 7.75. The van der Waals surface area contributed by atoms with Crippen LogP contribution in [0.4, 0.5) is 4.39 Å². The normalized spacial score (nSPS) is 19.0. The van der Waals surface area contributed by atoms with Crippen LogP contribution >= 0.6 is 12.2 Å². The Balaban J connectivity index is 1.84. The first-order valence-corrected chi connectivity index (χ1v) is 12.1. The van der Waals surface area contributed by atoms with Crippen LogP contribution in [0.25, 0.3) is 0 Å². The molecule has 2 aromatic carbocycles. The second kappa shape index (κ2) is 9.74. The number of nitrogens with one attached hydrogen (secondary N) is 4. The molecule has 1 aliphatic heterocycles. The van der Waals surface area contributed by atoms with Crippen LogP contribution in [0.1, 0.15) is 35.7 Å². The van der Waals surface area contributed by atoms with Gasteiger partial charge in [-0.2, -0.15) is 0 Å². The minimum Gasteiger partial charge on any atom is -0.352 e. The first kappa shape index (κ1) is 22.5. The molecule has 0 saturated carbocycles. The van der Waals surface area contributed by atoms with Crippen molar-refractivity contribution in [3.8, 4) is 0 Å². The summed E-state index contributed by atoms with van der Waals surface area (Å²) in [6.45, 7) is 2.97. The Morgan fingerprint density at radius 2 is 1.70 bits per heavy atom. The van der Waals surface area contributed by atoms with Gasteiger partial charge in [0.25, 0.3) is 5.91 Å². The fourth-order valence-corrected chi connectivity index (χ4v) is 6.36. The smallest absolute Gasteiger partial charge is 0.257 e. The number of thiocarbonyl (C=S) groups is 1. The Morgan fingerprint density at radius 3 is 2.33 bits per heavy atom. The number of thiol groups is 1. The molecule has 0 aromatic heterocycles. The molecule has 0 bridgehead atoms. The SMILES string of the molecule is CC(C[SH]1(=O)NCCCCN1)(NC(=S)NC(=O)c1ccccc1)c1ccccc1F. The number of hydrogen-bond donors (Lipinski definition) is 5. The van der Waals surface area contributed by atoms with E-state index in [0.29, 0.717) is 24.2 Å². The molecule has 0 spiro atoms. The molecule has 1 atom stereocenters. The van der Waals surface area contributed by atoms with Crippen molar-refractivity contribution >= 4 is 33.5 Å². The Hall–Kier alpha value is -2.20. The predicted molar refractivity (Wildman–Crippen MR) is 123 cm³/mol. The molecule has 4 N–H and O–H groups in total. The molecule has 2 aromatic rings. The Kier molecular flexibility index (Phi) is 7.30. The van der Waals surface area contributed by atoms with Crippen LogP contribution in [-0.4, -0.2) is 34.1 Å². The summed E-state index contributed by atoms with van der Waals surface area (Å²) in [5, 5.41) is 5.72. The summed E-state index contributed by atoms with van der Waals surface area (Å²) >= 11 is 5.36. The molecular weight excluding hydrogens is 423 g/mol. The number of hydrogen-bond acceptors (Lipinski definition) is 3. The van der Waals surface area contributed by atoms with E-state index in [4.69, 9.17) is 12.2 Å². The summed E-state index contributed by atoms with van der Waals surface area (Å²) < 4.78 is 34.4. The van der Waals surface area contributed by atoms with E-state index >= 15 is 0 Å². The molecule has 0 aliphatic carbocycles. The molecule has 9 heteroatoms. The van der Waals surface area contributed by atoms with E-state index in [1.165, 1.54) is 6.07 Å². The first-order valence-electron chi connectivity index (χ1n) is 9.84. The highest BCUT2D eigenvalue weighted by Crippen LogP contribution is 2.27. The van der Waals surface area contributed by atoms with Crippen LogP contribution in [0.3, 0.4) is 0 Å². The summed E-state index contributed by atoms with van der Waals surface area (Å²) in [7, 11) is -3.01. The Labute approximate surface area is 182 Å². The van der Waals surface area contributed by atoms with Gasteiger partial charge in [0.05, 0.1) is 11.3 Å². The van der Waals surface area contributed by atoms with Crippen LogP contribution in [-0.2, 0) is 15.8 Å². The van der Waals surface area contributed by atoms with Crippen molar-refractivity contribution in [2.24, 2.45) is 0 Å². The zero-order chi connectivity index (χ0) is 21.6. The number of carbonyl (C=O) groups excluding carboxylic acids is 1. The fraction of sp³-hybridized carbons (Fsp3) is 0.333. The van der Waals surface area contributed by atoms with E-state index in [-0.39, 0.29) is 16.8 Å². The van der Waals surface area contributed by atoms with Crippen molar-refractivity contribution in [1.82, 2.24) is 20.1 Å². The maximum Gasteiger partial charge on any atom is 0.257 e. The molecule has 162 valence electrons. The van der Waals surface area contributed by atoms with Gasteiger partial charge in [-0.3, -0.25) is 14.3 Å². The second-order valence-electron chi connectivity index (χ2n) is 7.51. The lowest BCUT2D eigenvalue weighted by molar-refractivity contribution is 0.0976. The maximum absolute atomic E-state index is 14.7. The fourth-order valence-electron chi connectivity index (χ4n) is 3.53. The average Bonchev–Trinajstić information content (AvgIpc) is 2.92. The lowest BCUT2D eigenvalue weighted by atomic mass is 9.93. The number of carbonyl (C=O) groups is 1. The summed E-state index contributed by atoms with van der Waals surface area (Å²) in [4.78, 5) is 12.5. The molecule has 1 fully saturated rings. The molecular formula is C21H27FN4O2S2. The summed E-state index contributed by atoms with van der Waals surface area (Å²) in [5.41, 5.74) is -0.342. The highest BCUT2D eigenvalue weighted by molar-refractivity contribution is 7.99. The zero-order valence-corrected chi connectivity index (χ0v) is 18.5. The van der Waals surface area contributed by atoms with E-state index in [1.807, 2.05) is 6.07 Å². The standard InChI is InChI=1S/C21H27FN4O2S2/c1-21(17-11-5-6-12-18(17)22,15-30(28)23-13-7-8-14-24-30)26-20(29)25-19(27)16-9-3-2-4-10-16/h2-6,9-12,30H,7-8,13-15H2,1H3,(H2,23,24,28)(H2,25,26,27,29). The van der Waals surface area contributed by atoms with Crippen LogP contribution < -0.4 is 20.1 Å². The molecule has 1 aliphatic rings. The number of rotatable bonds is 5. The van der Waals surface area contributed by atoms with Crippen LogP contribution in [0.2, 0.25) is 0 Å². The molecule has 1 saturated heterocycles. The van der Waals surface area contributed by atoms with Crippen LogP contribution in [0.15, 0.2) is 54.6 Å². The highest BCUT2D eigenvalue weighted by Gasteiger charge is 2.36. The van der Waals surface area contributed by atoms with Gasteiger partial charge in [0.2, 0.25) is 0 Å². The van der Waals surface area contributed by atoms with Crippen molar-refractivity contribution in [2.45, 2.75) is 25.3 Å². The van der Waals surface area contributed by atoms with E-state index in [2.05, 4.69) is 20.1 Å². The Morgan fingerprint density at radius 1 is 1.10 bits per heavy atom. The van der Waals surface area contributed by atoms with Gasteiger partial charge in [-0.1, -0.05) is 36.4 Å². The monoisotopic (exact) mass is 450 g/mol. The minimum atomic E-state index is -3.01. The van der Waals surface area contributed by atoms with Gasteiger partial charge in [0, 0.05) is 24.2 Å². The molecule has 3 rings (SSSR count). The van der Waals surface area contributed by atoms with E-state index in [1.54, 1.807) is 49.4 Å². The second-order valence-corrected chi connectivity index (χ2v) is 10.3. The van der Waals surface area contributed by atoms with Crippen LogP contribution in [0, 0.1) is 5.82 Å². The maximum atomic E-state index is 14.7. The third kappa shape index (κ3) is 5.69. The van der Waals surface area contributed by atoms with Crippen molar-refractivity contribution in [3.05, 3.63) is 71.5 Å². The van der Waals surface area contributed by atoms with Gasteiger partial charge in [-0.25, -0.2) is 13.8 Å². The minimum absolute atomic E-state index is 0.0380. The molecule has 30 heavy (non-hydrogen) atoms. The van der Waals surface area contributed by atoms with E-state index in [0.717, 1.165) is 12.8 Å². The highest BCUT2D eigenvalue weighted by atomic mass is 32.3. The van der Waals surface area contributed by atoms with Crippen molar-refractivity contribution in [3.63, 3.8) is 0 Å². The average molecular weight is 451 g/mol. The summed E-state index contributed by atoms with van der Waals surface area (Å²) in [5.74, 6) is -0.741. The summed E-state index contributed by atoms with van der Waals surface area (Å²) in [6, 6.07) is 15.0. The Bertz CT molecular complexity index is 945. The molecule has 1 amide bonds. The van der Waals surface area contributed by atoms with Crippen LogP contribution in [0.5, 0.6) is 0 Å². The van der Waals surface area contributed by atoms with E-state index < -0.39 is 21.7 Å². The quantitative estimate of drug-likeness (QED) is 0.357. The lowest BCUT2D eigenvalue weighted by Gasteiger charge is -2.38. The number of benzene rings is 2. The predicted octanol–water partition coefficient (Wildman–Crippen LogP) is 2.17. The third-order valence-electron chi connectivity index (χ3n) is 5.00.